The molecule has 1 rings (SSSR count). The minimum atomic E-state index is -0.611. The smallest absolute Gasteiger partial charge is 0.316 e. The summed E-state index contributed by atoms with van der Waals surface area (Å²) in [7, 11) is 0. The van der Waals surface area contributed by atoms with E-state index in [1.54, 1.807) is 6.07 Å². The van der Waals surface area contributed by atoms with Crippen molar-refractivity contribution >= 4 is 23.3 Å². The van der Waals surface area contributed by atoms with Gasteiger partial charge in [-0.25, -0.2) is 4.79 Å². The standard InChI is InChI=1S/C11H15ClN2O/c1-11(2,3)7-4-5-9(8(12)6-7)14-10(13)15/h4-6H,1-3H3,(H3,13,14,15). The van der Waals surface area contributed by atoms with Crippen molar-refractivity contribution < 1.29 is 4.79 Å². The number of rotatable bonds is 1. The first-order valence-corrected chi connectivity index (χ1v) is 5.05. The van der Waals surface area contributed by atoms with Crippen LogP contribution in [0, 0.1) is 0 Å². The van der Waals surface area contributed by atoms with Gasteiger partial charge < -0.3 is 11.1 Å². The number of carbonyl (C=O) groups excluding carboxylic acids is 1. The van der Waals surface area contributed by atoms with E-state index in [-0.39, 0.29) is 5.41 Å². The Bertz CT molecular complexity index is 383. The number of carbonyl (C=O) groups is 1. The number of halogens is 1. The monoisotopic (exact) mass is 226 g/mol. The Morgan fingerprint density at radius 1 is 1.40 bits per heavy atom. The molecule has 0 fully saturated rings. The van der Waals surface area contributed by atoms with E-state index in [2.05, 4.69) is 26.1 Å². The fourth-order valence-electron chi connectivity index (χ4n) is 1.22. The lowest BCUT2D eigenvalue weighted by molar-refractivity contribution is 0.259. The summed E-state index contributed by atoms with van der Waals surface area (Å²) in [6.45, 7) is 6.29. The number of nitrogens with one attached hydrogen (secondary N) is 1. The zero-order valence-corrected chi connectivity index (χ0v) is 9.85. The number of urea groups is 1. The van der Waals surface area contributed by atoms with E-state index >= 15 is 0 Å². The molecule has 3 N–H and O–H groups in total. The Balaban J connectivity index is 3.03. The Hall–Kier alpha value is -1.22. The summed E-state index contributed by atoms with van der Waals surface area (Å²) in [6, 6.07) is 4.91. The predicted octanol–water partition coefficient (Wildman–Crippen LogP) is 3.13. The van der Waals surface area contributed by atoms with Crippen molar-refractivity contribution in [3.05, 3.63) is 28.8 Å². The summed E-state index contributed by atoms with van der Waals surface area (Å²) in [5.41, 5.74) is 6.70. The average Bonchev–Trinajstić information content (AvgIpc) is 2.05. The second kappa shape index (κ2) is 4.11. The van der Waals surface area contributed by atoms with Gasteiger partial charge in [-0.2, -0.15) is 0 Å². The van der Waals surface area contributed by atoms with E-state index in [1.807, 2.05) is 12.1 Å². The van der Waals surface area contributed by atoms with Crippen LogP contribution in [0.4, 0.5) is 10.5 Å². The molecule has 0 unspecified atom stereocenters. The third-order valence-corrected chi connectivity index (χ3v) is 2.41. The zero-order chi connectivity index (χ0) is 11.6. The molecule has 0 saturated heterocycles. The van der Waals surface area contributed by atoms with E-state index in [1.165, 1.54) is 0 Å². The third-order valence-electron chi connectivity index (χ3n) is 2.09. The first-order valence-electron chi connectivity index (χ1n) is 4.67. The van der Waals surface area contributed by atoms with Gasteiger partial charge in [-0.05, 0) is 23.1 Å². The largest absolute Gasteiger partial charge is 0.351 e. The van der Waals surface area contributed by atoms with Crippen LogP contribution in [0.25, 0.3) is 0 Å². The third kappa shape index (κ3) is 3.13. The minimum Gasteiger partial charge on any atom is -0.351 e. The fraction of sp³-hybridized carbons (Fsp3) is 0.364. The fourth-order valence-corrected chi connectivity index (χ4v) is 1.44. The van der Waals surface area contributed by atoms with Crippen molar-refractivity contribution in [2.45, 2.75) is 26.2 Å². The van der Waals surface area contributed by atoms with Gasteiger partial charge >= 0.3 is 6.03 Å². The second-order valence-electron chi connectivity index (χ2n) is 4.43. The van der Waals surface area contributed by atoms with E-state index in [0.717, 1.165) is 5.56 Å². The van der Waals surface area contributed by atoms with Gasteiger partial charge in [0.05, 0.1) is 10.7 Å². The maximum absolute atomic E-state index is 10.7. The van der Waals surface area contributed by atoms with Gasteiger partial charge in [-0.1, -0.05) is 38.4 Å². The van der Waals surface area contributed by atoms with Gasteiger partial charge in [0.15, 0.2) is 0 Å². The molecule has 1 aromatic carbocycles. The summed E-state index contributed by atoms with van der Waals surface area (Å²) in [5, 5.41) is 2.96. The molecule has 4 heteroatoms. The van der Waals surface area contributed by atoms with Crippen LogP contribution >= 0.6 is 11.6 Å². The second-order valence-corrected chi connectivity index (χ2v) is 4.84. The van der Waals surface area contributed by atoms with Gasteiger partial charge in [0.25, 0.3) is 0 Å². The molecule has 0 saturated carbocycles. The quantitative estimate of drug-likeness (QED) is 0.760. The van der Waals surface area contributed by atoms with Gasteiger partial charge in [-0.3, -0.25) is 0 Å². The van der Waals surface area contributed by atoms with Crippen molar-refractivity contribution in [1.29, 1.82) is 0 Å². The van der Waals surface area contributed by atoms with Gasteiger partial charge in [0.1, 0.15) is 0 Å². The Morgan fingerprint density at radius 3 is 2.40 bits per heavy atom. The predicted molar refractivity (Wildman–Crippen MR) is 63.4 cm³/mol. The number of hydrogen-bond acceptors (Lipinski definition) is 1. The maximum Gasteiger partial charge on any atom is 0.316 e. The molecule has 0 aromatic heterocycles. The normalized spacial score (nSPS) is 11.2. The van der Waals surface area contributed by atoms with Gasteiger partial charge in [-0.15, -0.1) is 0 Å². The summed E-state index contributed by atoms with van der Waals surface area (Å²) in [5.74, 6) is 0. The van der Waals surface area contributed by atoms with E-state index < -0.39 is 6.03 Å². The molecule has 0 radical (unpaired) electrons. The van der Waals surface area contributed by atoms with Crippen LogP contribution < -0.4 is 11.1 Å². The lowest BCUT2D eigenvalue weighted by atomic mass is 9.87. The molecule has 15 heavy (non-hydrogen) atoms. The van der Waals surface area contributed by atoms with Crippen molar-refractivity contribution in [2.24, 2.45) is 5.73 Å². The van der Waals surface area contributed by atoms with Crippen LogP contribution in [0.5, 0.6) is 0 Å². The molecule has 0 aliphatic carbocycles. The Morgan fingerprint density at radius 2 is 2.00 bits per heavy atom. The topological polar surface area (TPSA) is 55.1 Å². The van der Waals surface area contributed by atoms with Crippen LogP contribution in [-0.2, 0) is 5.41 Å². The SMILES string of the molecule is CC(C)(C)c1ccc(NC(N)=O)c(Cl)c1. The molecule has 0 heterocycles. The minimum absolute atomic E-state index is 0.0366. The van der Waals surface area contributed by atoms with Crippen LogP contribution in [0.1, 0.15) is 26.3 Å². The van der Waals surface area contributed by atoms with Gasteiger partial charge in [0.2, 0.25) is 0 Å². The number of benzene rings is 1. The summed E-state index contributed by atoms with van der Waals surface area (Å²) < 4.78 is 0. The van der Waals surface area contributed by atoms with Crippen LogP contribution in [0.3, 0.4) is 0 Å². The lowest BCUT2D eigenvalue weighted by Gasteiger charge is -2.20. The first-order chi connectivity index (χ1) is 6.80. The van der Waals surface area contributed by atoms with Crippen LogP contribution in [0.15, 0.2) is 18.2 Å². The summed E-state index contributed by atoms with van der Waals surface area (Å²) in [6.07, 6.45) is 0. The van der Waals surface area contributed by atoms with Gasteiger partial charge in [0, 0.05) is 0 Å². The van der Waals surface area contributed by atoms with Crippen molar-refractivity contribution in [1.82, 2.24) is 0 Å². The molecule has 0 spiro atoms. The molecular formula is C11H15ClN2O. The zero-order valence-electron chi connectivity index (χ0n) is 9.10. The summed E-state index contributed by atoms with van der Waals surface area (Å²) in [4.78, 5) is 10.7. The van der Waals surface area contributed by atoms with Crippen molar-refractivity contribution in [2.75, 3.05) is 5.32 Å². The average molecular weight is 227 g/mol. The number of primary amides is 1. The van der Waals surface area contributed by atoms with Crippen LogP contribution in [-0.4, -0.2) is 6.03 Å². The first kappa shape index (κ1) is 11.9. The summed E-state index contributed by atoms with van der Waals surface area (Å²) >= 11 is 6.01. The molecular weight excluding hydrogens is 212 g/mol. The van der Waals surface area contributed by atoms with E-state index in [0.29, 0.717) is 10.7 Å². The number of anilines is 1. The number of nitrogens with two attached hydrogens (primary N) is 1. The molecule has 82 valence electrons. The van der Waals surface area contributed by atoms with Crippen molar-refractivity contribution in [3.8, 4) is 0 Å². The Kier molecular flexibility index (Phi) is 3.25. The molecule has 2 amide bonds. The Labute approximate surface area is 94.6 Å². The number of hydrogen-bond donors (Lipinski definition) is 2. The highest BCUT2D eigenvalue weighted by Gasteiger charge is 2.15. The molecule has 3 nitrogen and oxygen atoms in total. The maximum atomic E-state index is 10.7. The van der Waals surface area contributed by atoms with E-state index in [4.69, 9.17) is 17.3 Å². The molecule has 1 aromatic rings. The van der Waals surface area contributed by atoms with E-state index in [9.17, 15) is 4.79 Å². The van der Waals surface area contributed by atoms with Crippen molar-refractivity contribution in [3.63, 3.8) is 0 Å². The highest BCUT2D eigenvalue weighted by molar-refractivity contribution is 6.33. The lowest BCUT2D eigenvalue weighted by Crippen LogP contribution is -2.19. The molecule has 0 bridgehead atoms. The molecule has 0 aliphatic heterocycles. The highest BCUT2D eigenvalue weighted by atomic mass is 35.5. The molecule has 0 atom stereocenters. The highest BCUT2D eigenvalue weighted by Crippen LogP contribution is 2.29. The van der Waals surface area contributed by atoms with Crippen LogP contribution in [0.2, 0.25) is 5.02 Å². The molecule has 0 aliphatic rings. The number of amides is 2.